The summed E-state index contributed by atoms with van der Waals surface area (Å²) in [5.74, 6) is -2.36. The van der Waals surface area contributed by atoms with E-state index < -0.39 is 29.9 Å². The van der Waals surface area contributed by atoms with Crippen molar-refractivity contribution < 1.29 is 18.4 Å². The number of aromatic nitrogens is 2. The number of anilines is 1. The molecule has 9 heteroatoms. The highest BCUT2D eigenvalue weighted by Gasteiger charge is 2.28. The van der Waals surface area contributed by atoms with Gasteiger partial charge in [0.15, 0.2) is 5.69 Å². The molecule has 0 bridgehead atoms. The number of fused-ring (bicyclic) bond motifs is 1. The molecule has 1 aliphatic rings. The number of amides is 2. The van der Waals surface area contributed by atoms with E-state index in [1.807, 2.05) is 0 Å². The van der Waals surface area contributed by atoms with Crippen molar-refractivity contribution in [2.24, 2.45) is 0 Å². The molecule has 30 heavy (non-hydrogen) atoms. The summed E-state index contributed by atoms with van der Waals surface area (Å²) in [5.41, 5.74) is 1.82. The number of hydrogen-bond acceptors (Lipinski definition) is 3. The van der Waals surface area contributed by atoms with Gasteiger partial charge in [-0.15, -0.1) is 0 Å². The van der Waals surface area contributed by atoms with E-state index in [0.29, 0.717) is 29.2 Å². The Morgan fingerprint density at radius 3 is 2.53 bits per heavy atom. The molecule has 0 atom stereocenters. The van der Waals surface area contributed by atoms with Crippen LogP contribution in [-0.2, 0) is 24.2 Å². The molecule has 1 aromatic heterocycles. The van der Waals surface area contributed by atoms with Gasteiger partial charge in [-0.05, 0) is 36.4 Å². The number of carbonyl (C=O) groups excluding carboxylic acids is 2. The predicted octanol–water partition coefficient (Wildman–Crippen LogP) is 3.72. The van der Waals surface area contributed by atoms with Gasteiger partial charge in [0.1, 0.15) is 11.6 Å². The normalized spacial score (nSPS) is 13.1. The number of carbonyl (C=O) groups is 2. The average molecular weight is 431 g/mol. The molecule has 0 saturated carbocycles. The van der Waals surface area contributed by atoms with E-state index in [2.05, 4.69) is 15.5 Å². The maximum atomic E-state index is 13.9. The van der Waals surface area contributed by atoms with Crippen LogP contribution in [0, 0.1) is 11.6 Å². The van der Waals surface area contributed by atoms with Crippen LogP contribution >= 0.6 is 11.6 Å². The summed E-state index contributed by atoms with van der Waals surface area (Å²) < 4.78 is 27.8. The summed E-state index contributed by atoms with van der Waals surface area (Å²) >= 11 is 5.85. The lowest BCUT2D eigenvalue weighted by molar-refractivity contribution is -0.131. The van der Waals surface area contributed by atoms with Crippen molar-refractivity contribution >= 4 is 29.1 Å². The van der Waals surface area contributed by atoms with E-state index in [-0.39, 0.29) is 17.8 Å². The Bertz CT molecular complexity index is 1090. The fourth-order valence-corrected chi connectivity index (χ4v) is 3.51. The first-order valence-electron chi connectivity index (χ1n) is 9.26. The summed E-state index contributed by atoms with van der Waals surface area (Å²) in [4.78, 5) is 26.8. The Balaban J connectivity index is 1.49. The second-order valence-corrected chi connectivity index (χ2v) is 7.37. The van der Waals surface area contributed by atoms with E-state index in [0.717, 1.165) is 17.8 Å². The van der Waals surface area contributed by atoms with Crippen LogP contribution in [0.2, 0.25) is 5.02 Å². The number of rotatable bonds is 4. The molecule has 0 aliphatic carbocycles. The standard InChI is InChI=1S/C21H17ClF2N4O2/c22-12-4-6-13(7-5-12)25-21(30)20-15-11-28(9-8-18(15)26-27-20)19(29)10-14-16(23)2-1-3-17(14)24/h1-7H,8-11H2,(H,25,30)(H,26,27). The number of H-pyrrole nitrogens is 1. The van der Waals surface area contributed by atoms with Crippen molar-refractivity contribution in [3.63, 3.8) is 0 Å². The Hall–Kier alpha value is -3.26. The van der Waals surface area contributed by atoms with Crippen LogP contribution in [0.4, 0.5) is 14.5 Å². The number of hydrogen-bond donors (Lipinski definition) is 2. The van der Waals surface area contributed by atoms with Crippen LogP contribution in [-0.4, -0.2) is 33.5 Å². The molecular formula is C21H17ClF2N4O2. The molecule has 0 saturated heterocycles. The summed E-state index contributed by atoms with van der Waals surface area (Å²) in [6.45, 7) is 0.493. The zero-order valence-corrected chi connectivity index (χ0v) is 16.5. The Labute approximate surface area is 175 Å². The number of halogens is 3. The Morgan fingerprint density at radius 2 is 1.83 bits per heavy atom. The molecule has 0 spiro atoms. The van der Waals surface area contributed by atoms with Crippen LogP contribution < -0.4 is 5.32 Å². The highest BCUT2D eigenvalue weighted by Crippen LogP contribution is 2.23. The number of nitrogens with one attached hydrogen (secondary N) is 2. The zero-order valence-electron chi connectivity index (χ0n) is 15.7. The monoisotopic (exact) mass is 430 g/mol. The van der Waals surface area contributed by atoms with Crippen molar-refractivity contribution in [3.8, 4) is 0 Å². The van der Waals surface area contributed by atoms with Gasteiger partial charge in [-0.2, -0.15) is 5.10 Å². The van der Waals surface area contributed by atoms with E-state index >= 15 is 0 Å². The fourth-order valence-electron chi connectivity index (χ4n) is 3.38. The first-order chi connectivity index (χ1) is 14.4. The molecule has 0 radical (unpaired) electrons. The second kappa shape index (κ2) is 8.23. The van der Waals surface area contributed by atoms with Gasteiger partial charge in [-0.3, -0.25) is 14.7 Å². The Morgan fingerprint density at radius 1 is 1.13 bits per heavy atom. The third kappa shape index (κ3) is 4.04. The first kappa shape index (κ1) is 20.0. The number of aromatic amines is 1. The summed E-state index contributed by atoms with van der Waals surface area (Å²) in [6, 6.07) is 10.1. The van der Waals surface area contributed by atoms with Crippen molar-refractivity contribution in [3.05, 3.63) is 81.6 Å². The van der Waals surface area contributed by atoms with Gasteiger partial charge in [-0.25, -0.2) is 8.78 Å². The van der Waals surface area contributed by atoms with Crippen molar-refractivity contribution in [1.29, 1.82) is 0 Å². The molecule has 4 rings (SSSR count). The maximum absolute atomic E-state index is 13.9. The number of benzene rings is 2. The lowest BCUT2D eigenvalue weighted by Crippen LogP contribution is -2.37. The van der Waals surface area contributed by atoms with Gasteiger partial charge in [0.05, 0.1) is 6.42 Å². The molecule has 2 N–H and O–H groups in total. The topological polar surface area (TPSA) is 78.1 Å². The lowest BCUT2D eigenvalue weighted by Gasteiger charge is -2.27. The van der Waals surface area contributed by atoms with Gasteiger partial charge in [0.25, 0.3) is 5.91 Å². The van der Waals surface area contributed by atoms with Gasteiger partial charge in [-0.1, -0.05) is 17.7 Å². The largest absolute Gasteiger partial charge is 0.338 e. The minimum atomic E-state index is -0.757. The molecule has 3 aromatic rings. The minimum absolute atomic E-state index is 0.129. The van der Waals surface area contributed by atoms with Crippen molar-refractivity contribution in [1.82, 2.24) is 15.1 Å². The van der Waals surface area contributed by atoms with Crippen molar-refractivity contribution in [2.45, 2.75) is 19.4 Å². The molecular weight excluding hydrogens is 414 g/mol. The molecule has 2 heterocycles. The highest BCUT2D eigenvalue weighted by molar-refractivity contribution is 6.30. The average Bonchev–Trinajstić information content (AvgIpc) is 3.16. The molecule has 6 nitrogen and oxygen atoms in total. The van der Waals surface area contributed by atoms with Crippen molar-refractivity contribution in [2.75, 3.05) is 11.9 Å². The highest BCUT2D eigenvalue weighted by atomic mass is 35.5. The molecule has 154 valence electrons. The van der Waals surface area contributed by atoms with Crippen LogP contribution in [0.15, 0.2) is 42.5 Å². The fraction of sp³-hybridized carbons (Fsp3) is 0.190. The van der Waals surface area contributed by atoms with Crippen LogP contribution in [0.25, 0.3) is 0 Å². The SMILES string of the molecule is O=C(Nc1ccc(Cl)cc1)c1n[nH]c2c1CN(C(=O)Cc1c(F)cccc1F)CC2. The summed E-state index contributed by atoms with van der Waals surface area (Å²) in [7, 11) is 0. The molecule has 0 unspecified atom stereocenters. The zero-order chi connectivity index (χ0) is 21.3. The second-order valence-electron chi connectivity index (χ2n) is 6.93. The quantitative estimate of drug-likeness (QED) is 0.662. The summed E-state index contributed by atoms with van der Waals surface area (Å²) in [5, 5.41) is 10.2. The van der Waals surface area contributed by atoms with Gasteiger partial charge >= 0.3 is 0 Å². The van der Waals surface area contributed by atoms with Crippen LogP contribution in [0.1, 0.15) is 27.3 Å². The smallest absolute Gasteiger partial charge is 0.276 e. The third-order valence-corrected chi connectivity index (χ3v) is 5.25. The molecule has 1 aliphatic heterocycles. The van der Waals surface area contributed by atoms with Crippen LogP contribution in [0.3, 0.4) is 0 Å². The molecule has 2 aromatic carbocycles. The Kier molecular flexibility index (Phi) is 5.50. The van der Waals surface area contributed by atoms with Gasteiger partial charge in [0, 0.05) is 47.0 Å². The molecule has 2 amide bonds. The van der Waals surface area contributed by atoms with E-state index in [1.54, 1.807) is 24.3 Å². The predicted molar refractivity (Wildman–Crippen MR) is 107 cm³/mol. The van der Waals surface area contributed by atoms with E-state index in [1.165, 1.54) is 11.0 Å². The molecule has 0 fully saturated rings. The first-order valence-corrected chi connectivity index (χ1v) is 9.64. The lowest BCUT2D eigenvalue weighted by atomic mass is 10.0. The maximum Gasteiger partial charge on any atom is 0.276 e. The van der Waals surface area contributed by atoms with E-state index in [9.17, 15) is 18.4 Å². The van der Waals surface area contributed by atoms with Crippen LogP contribution in [0.5, 0.6) is 0 Å². The number of nitrogens with zero attached hydrogens (tertiary/aromatic N) is 2. The van der Waals surface area contributed by atoms with Gasteiger partial charge < -0.3 is 10.2 Å². The third-order valence-electron chi connectivity index (χ3n) is 4.99. The van der Waals surface area contributed by atoms with Gasteiger partial charge in [0.2, 0.25) is 5.91 Å². The summed E-state index contributed by atoms with van der Waals surface area (Å²) in [6.07, 6.45) is 0.0695. The van der Waals surface area contributed by atoms with E-state index in [4.69, 9.17) is 11.6 Å². The minimum Gasteiger partial charge on any atom is -0.338 e.